The Morgan fingerprint density at radius 3 is 2.48 bits per heavy atom. The van der Waals surface area contributed by atoms with Gasteiger partial charge in [0.1, 0.15) is 5.82 Å². The second-order valence-electron chi connectivity index (χ2n) is 6.86. The molecule has 21 heavy (non-hydrogen) atoms. The molecule has 1 amide bonds. The van der Waals surface area contributed by atoms with Gasteiger partial charge in [0.25, 0.3) is 0 Å². The fourth-order valence-corrected chi connectivity index (χ4v) is 2.77. The normalized spacial score (nSPS) is 20.9. The van der Waals surface area contributed by atoms with E-state index in [4.69, 9.17) is 0 Å². The molecular formula is C17H25FN2O. The van der Waals surface area contributed by atoms with Gasteiger partial charge in [-0.15, -0.1) is 0 Å². The summed E-state index contributed by atoms with van der Waals surface area (Å²) >= 11 is 0. The third-order valence-electron chi connectivity index (χ3n) is 3.98. The molecule has 2 rings (SSSR count). The van der Waals surface area contributed by atoms with Gasteiger partial charge in [-0.1, -0.05) is 39.3 Å². The first kappa shape index (κ1) is 16.0. The smallest absolute Gasteiger partial charge is 0.237 e. The van der Waals surface area contributed by atoms with E-state index >= 15 is 0 Å². The lowest BCUT2D eigenvalue weighted by molar-refractivity contribution is -0.125. The van der Waals surface area contributed by atoms with Crippen LogP contribution in [-0.4, -0.2) is 18.5 Å². The predicted molar refractivity (Wildman–Crippen MR) is 82.4 cm³/mol. The van der Waals surface area contributed by atoms with E-state index < -0.39 is 0 Å². The van der Waals surface area contributed by atoms with Crippen LogP contribution in [0.25, 0.3) is 0 Å². The van der Waals surface area contributed by atoms with E-state index in [0.29, 0.717) is 0 Å². The van der Waals surface area contributed by atoms with Crippen molar-refractivity contribution in [2.75, 3.05) is 6.54 Å². The van der Waals surface area contributed by atoms with E-state index in [-0.39, 0.29) is 29.2 Å². The van der Waals surface area contributed by atoms with Gasteiger partial charge in [0.2, 0.25) is 5.91 Å². The zero-order chi connectivity index (χ0) is 15.5. The highest BCUT2D eigenvalue weighted by molar-refractivity contribution is 5.82. The van der Waals surface area contributed by atoms with E-state index in [2.05, 4.69) is 31.4 Å². The summed E-state index contributed by atoms with van der Waals surface area (Å²) in [6, 6.07) is 6.15. The molecule has 1 fully saturated rings. The Morgan fingerprint density at radius 2 is 1.95 bits per heavy atom. The minimum atomic E-state index is -0.258. The zero-order valence-corrected chi connectivity index (χ0v) is 13.1. The third kappa shape index (κ3) is 4.27. The quantitative estimate of drug-likeness (QED) is 0.898. The van der Waals surface area contributed by atoms with Crippen LogP contribution >= 0.6 is 0 Å². The van der Waals surface area contributed by atoms with Crippen LogP contribution in [0.15, 0.2) is 24.3 Å². The number of nitrogens with one attached hydrogen (secondary N) is 2. The van der Waals surface area contributed by atoms with Crippen LogP contribution in [0.1, 0.15) is 51.6 Å². The summed E-state index contributed by atoms with van der Waals surface area (Å²) < 4.78 is 13.1. The molecule has 2 atom stereocenters. The van der Waals surface area contributed by atoms with Gasteiger partial charge >= 0.3 is 0 Å². The highest BCUT2D eigenvalue weighted by Crippen LogP contribution is 2.33. The molecule has 116 valence electrons. The van der Waals surface area contributed by atoms with Crippen LogP contribution in [0.4, 0.5) is 4.39 Å². The molecule has 1 heterocycles. The number of carbonyl (C=O) groups excluding carboxylic acids is 1. The van der Waals surface area contributed by atoms with Gasteiger partial charge in [0, 0.05) is 0 Å². The second-order valence-corrected chi connectivity index (χ2v) is 6.86. The van der Waals surface area contributed by atoms with Gasteiger partial charge < -0.3 is 10.6 Å². The van der Waals surface area contributed by atoms with Crippen molar-refractivity contribution >= 4 is 5.91 Å². The Balaban J connectivity index is 2.13. The molecule has 1 aliphatic heterocycles. The highest BCUT2D eigenvalue weighted by Gasteiger charge is 2.30. The third-order valence-corrected chi connectivity index (χ3v) is 3.98. The van der Waals surface area contributed by atoms with Crippen molar-refractivity contribution in [3.63, 3.8) is 0 Å². The van der Waals surface area contributed by atoms with Crippen molar-refractivity contribution in [2.45, 2.75) is 52.1 Å². The number of benzene rings is 1. The minimum absolute atomic E-state index is 0.0407. The fraction of sp³-hybridized carbons (Fsp3) is 0.588. The number of hydrogen-bond donors (Lipinski definition) is 2. The molecule has 1 aliphatic rings. The monoisotopic (exact) mass is 292 g/mol. The van der Waals surface area contributed by atoms with Crippen molar-refractivity contribution in [2.24, 2.45) is 5.41 Å². The molecule has 2 unspecified atom stereocenters. The summed E-state index contributed by atoms with van der Waals surface area (Å²) in [6.45, 7) is 7.13. The average Bonchev–Trinajstić information content (AvgIpc) is 2.45. The summed E-state index contributed by atoms with van der Waals surface area (Å²) in [7, 11) is 0. The molecule has 0 bridgehead atoms. The molecule has 0 aromatic heterocycles. The van der Waals surface area contributed by atoms with Gasteiger partial charge in [0.15, 0.2) is 0 Å². The zero-order valence-electron chi connectivity index (χ0n) is 13.1. The summed E-state index contributed by atoms with van der Waals surface area (Å²) in [5, 5.41) is 6.40. The average molecular weight is 292 g/mol. The molecule has 4 heteroatoms. The van der Waals surface area contributed by atoms with Gasteiger partial charge in [-0.3, -0.25) is 4.79 Å². The molecule has 0 aliphatic carbocycles. The Bertz CT molecular complexity index is 473. The second kappa shape index (κ2) is 6.56. The highest BCUT2D eigenvalue weighted by atomic mass is 19.1. The molecule has 1 aromatic carbocycles. The maximum Gasteiger partial charge on any atom is 0.237 e. The lowest BCUT2D eigenvalue weighted by atomic mass is 9.82. The number of piperidine rings is 1. The molecule has 0 spiro atoms. The van der Waals surface area contributed by atoms with Crippen molar-refractivity contribution < 1.29 is 9.18 Å². The number of halogens is 1. The maximum absolute atomic E-state index is 13.1. The van der Waals surface area contributed by atoms with Crippen molar-refractivity contribution in [3.8, 4) is 0 Å². The van der Waals surface area contributed by atoms with E-state index in [1.165, 1.54) is 12.1 Å². The van der Waals surface area contributed by atoms with Crippen molar-refractivity contribution in [1.82, 2.24) is 10.6 Å². The molecule has 1 aromatic rings. The van der Waals surface area contributed by atoms with E-state index in [0.717, 1.165) is 31.4 Å². The molecule has 0 radical (unpaired) electrons. The van der Waals surface area contributed by atoms with Crippen molar-refractivity contribution in [3.05, 3.63) is 35.6 Å². The lowest BCUT2D eigenvalue weighted by Crippen LogP contribution is -2.49. The van der Waals surface area contributed by atoms with Gasteiger partial charge in [-0.25, -0.2) is 4.39 Å². The largest absolute Gasteiger partial charge is 0.347 e. The van der Waals surface area contributed by atoms with Gasteiger partial charge in [0.05, 0.1) is 12.1 Å². The maximum atomic E-state index is 13.1. The molecule has 3 nitrogen and oxygen atoms in total. The molecular weight excluding hydrogens is 267 g/mol. The first-order valence-corrected chi connectivity index (χ1v) is 7.67. The Kier molecular flexibility index (Phi) is 4.99. The van der Waals surface area contributed by atoms with Crippen molar-refractivity contribution in [1.29, 1.82) is 0 Å². The first-order valence-electron chi connectivity index (χ1n) is 7.67. The predicted octanol–water partition coefficient (Wildman–Crippen LogP) is 3.17. The molecule has 1 saturated heterocycles. The van der Waals surface area contributed by atoms with E-state index in [9.17, 15) is 9.18 Å². The van der Waals surface area contributed by atoms with Crippen LogP contribution < -0.4 is 10.6 Å². The number of carbonyl (C=O) groups is 1. The van der Waals surface area contributed by atoms with Gasteiger partial charge in [-0.05, 0) is 42.5 Å². The Morgan fingerprint density at radius 1 is 1.29 bits per heavy atom. The van der Waals surface area contributed by atoms with Crippen LogP contribution in [0.2, 0.25) is 0 Å². The lowest BCUT2D eigenvalue weighted by Gasteiger charge is -2.34. The van der Waals surface area contributed by atoms with E-state index in [1.807, 2.05) is 0 Å². The number of hydrogen-bond acceptors (Lipinski definition) is 2. The SMILES string of the molecule is CC(C)(C)C(NC(=O)C1CCCCN1)c1ccc(F)cc1. The van der Waals surface area contributed by atoms with Crippen LogP contribution in [0.3, 0.4) is 0 Å². The van der Waals surface area contributed by atoms with E-state index in [1.54, 1.807) is 12.1 Å². The van der Waals surface area contributed by atoms with Crippen LogP contribution in [-0.2, 0) is 4.79 Å². The summed E-state index contributed by atoms with van der Waals surface area (Å²) in [5.74, 6) is -0.217. The van der Waals surface area contributed by atoms with Crippen LogP contribution in [0.5, 0.6) is 0 Å². The summed E-state index contributed by atoms with van der Waals surface area (Å²) in [4.78, 5) is 12.4. The standard InChI is InChI=1S/C17H25FN2O/c1-17(2,3)15(12-7-9-13(18)10-8-12)20-16(21)14-6-4-5-11-19-14/h7-10,14-15,19H,4-6,11H2,1-3H3,(H,20,21). The Hall–Kier alpha value is -1.42. The molecule has 0 saturated carbocycles. The first-order chi connectivity index (χ1) is 9.88. The minimum Gasteiger partial charge on any atom is -0.347 e. The molecule has 2 N–H and O–H groups in total. The summed E-state index contributed by atoms with van der Waals surface area (Å²) in [6.07, 6.45) is 3.10. The Labute approximate surface area is 126 Å². The number of rotatable bonds is 3. The topological polar surface area (TPSA) is 41.1 Å². The number of amides is 1. The fourth-order valence-electron chi connectivity index (χ4n) is 2.77. The van der Waals surface area contributed by atoms with Gasteiger partial charge in [-0.2, -0.15) is 0 Å². The van der Waals surface area contributed by atoms with Crippen LogP contribution in [0, 0.1) is 11.2 Å². The summed E-state index contributed by atoms with van der Waals surface area (Å²) in [5.41, 5.74) is 0.801.